The highest BCUT2D eigenvalue weighted by molar-refractivity contribution is 5.58. The second-order valence-corrected chi connectivity index (χ2v) is 5.20. The van der Waals surface area contributed by atoms with Crippen LogP contribution in [0.4, 0.5) is 5.69 Å². The third-order valence-corrected chi connectivity index (χ3v) is 2.99. The first kappa shape index (κ1) is 14.4. The summed E-state index contributed by atoms with van der Waals surface area (Å²) in [5.74, 6) is 1.36. The van der Waals surface area contributed by atoms with E-state index in [-0.39, 0.29) is 0 Å². The van der Waals surface area contributed by atoms with Crippen molar-refractivity contribution >= 4 is 5.69 Å². The van der Waals surface area contributed by atoms with Gasteiger partial charge in [0, 0.05) is 0 Å². The second kappa shape index (κ2) is 6.30. The van der Waals surface area contributed by atoms with Crippen molar-refractivity contribution in [3.8, 4) is 11.8 Å². The Kier molecular flexibility index (Phi) is 5.03. The minimum Gasteiger partial charge on any atom is -0.495 e. The summed E-state index contributed by atoms with van der Waals surface area (Å²) in [7, 11) is 1.64. The van der Waals surface area contributed by atoms with Crippen molar-refractivity contribution in [2.75, 3.05) is 12.4 Å². The van der Waals surface area contributed by atoms with Crippen molar-refractivity contribution in [3.63, 3.8) is 0 Å². The maximum atomic E-state index is 9.37. The van der Waals surface area contributed by atoms with Crippen LogP contribution < -0.4 is 10.1 Å². The van der Waals surface area contributed by atoms with Crippen molar-refractivity contribution in [3.05, 3.63) is 24.3 Å². The maximum Gasteiger partial charge on any atom is 0.141 e. The molecule has 1 N–H and O–H groups in total. The van der Waals surface area contributed by atoms with Gasteiger partial charge in [0.2, 0.25) is 0 Å². The molecule has 0 amide bonds. The molecule has 18 heavy (non-hydrogen) atoms. The fourth-order valence-electron chi connectivity index (χ4n) is 1.77. The lowest BCUT2D eigenvalue weighted by atomic mass is 9.93. The number of ether oxygens (including phenoxy) is 1. The monoisotopic (exact) mass is 246 g/mol. The van der Waals surface area contributed by atoms with Gasteiger partial charge in [-0.25, -0.2) is 0 Å². The lowest BCUT2D eigenvalue weighted by Crippen LogP contribution is -2.33. The van der Waals surface area contributed by atoms with Gasteiger partial charge in [0.15, 0.2) is 0 Å². The topological polar surface area (TPSA) is 45.0 Å². The SMILES string of the molecule is COc1ccccc1NC(C)(C#N)CCC(C)C. The Morgan fingerprint density at radius 1 is 1.39 bits per heavy atom. The molecular formula is C15H22N2O. The molecule has 0 saturated carbocycles. The first-order chi connectivity index (χ1) is 8.50. The molecule has 1 atom stereocenters. The molecule has 0 aliphatic rings. The minimum absolute atomic E-state index is 0.557. The maximum absolute atomic E-state index is 9.37. The molecule has 1 unspecified atom stereocenters. The number of nitrogens with zero attached hydrogens (tertiary/aromatic N) is 1. The largest absolute Gasteiger partial charge is 0.495 e. The third kappa shape index (κ3) is 3.96. The summed E-state index contributed by atoms with van der Waals surface area (Å²) < 4.78 is 5.29. The van der Waals surface area contributed by atoms with E-state index in [4.69, 9.17) is 4.74 Å². The lowest BCUT2D eigenvalue weighted by Gasteiger charge is -2.26. The Labute approximate surface area is 110 Å². The number of para-hydroxylation sites is 2. The summed E-state index contributed by atoms with van der Waals surface area (Å²) in [6.07, 6.45) is 1.84. The molecule has 0 radical (unpaired) electrons. The Balaban J connectivity index is 2.82. The number of nitriles is 1. The summed E-state index contributed by atoms with van der Waals surface area (Å²) in [6.45, 7) is 6.27. The van der Waals surface area contributed by atoms with Crippen molar-refractivity contribution < 1.29 is 4.74 Å². The van der Waals surface area contributed by atoms with E-state index in [2.05, 4.69) is 25.2 Å². The fourth-order valence-corrected chi connectivity index (χ4v) is 1.77. The Morgan fingerprint density at radius 3 is 2.61 bits per heavy atom. The van der Waals surface area contributed by atoms with Crippen LogP contribution in [-0.4, -0.2) is 12.6 Å². The van der Waals surface area contributed by atoms with Gasteiger partial charge in [-0.15, -0.1) is 0 Å². The van der Waals surface area contributed by atoms with E-state index in [0.29, 0.717) is 5.92 Å². The quantitative estimate of drug-likeness (QED) is 0.829. The molecule has 1 aromatic rings. The standard InChI is InChI=1S/C15H22N2O/c1-12(2)9-10-15(3,11-16)17-13-7-5-6-8-14(13)18-4/h5-8,12,17H,9-10H2,1-4H3. The summed E-state index contributed by atoms with van der Waals surface area (Å²) >= 11 is 0. The van der Waals surface area contributed by atoms with Crippen LogP contribution in [-0.2, 0) is 0 Å². The smallest absolute Gasteiger partial charge is 0.141 e. The molecule has 0 aromatic heterocycles. The average Bonchev–Trinajstić information content (AvgIpc) is 2.37. The van der Waals surface area contributed by atoms with Gasteiger partial charge in [-0.3, -0.25) is 0 Å². The molecule has 0 spiro atoms. The van der Waals surface area contributed by atoms with Crippen LogP contribution in [0.25, 0.3) is 0 Å². The summed E-state index contributed by atoms with van der Waals surface area (Å²) in [4.78, 5) is 0. The van der Waals surface area contributed by atoms with Crippen molar-refractivity contribution in [2.45, 2.75) is 39.2 Å². The first-order valence-electron chi connectivity index (χ1n) is 6.33. The molecule has 0 fully saturated rings. The van der Waals surface area contributed by atoms with E-state index in [1.54, 1.807) is 7.11 Å². The number of hydrogen-bond acceptors (Lipinski definition) is 3. The zero-order valence-electron chi connectivity index (χ0n) is 11.7. The average molecular weight is 246 g/mol. The van der Waals surface area contributed by atoms with E-state index in [1.165, 1.54) is 0 Å². The first-order valence-corrected chi connectivity index (χ1v) is 6.33. The van der Waals surface area contributed by atoms with E-state index in [9.17, 15) is 5.26 Å². The Morgan fingerprint density at radius 2 is 2.06 bits per heavy atom. The highest BCUT2D eigenvalue weighted by Gasteiger charge is 2.24. The van der Waals surface area contributed by atoms with Crippen LogP contribution in [0.15, 0.2) is 24.3 Å². The molecule has 0 bridgehead atoms. The van der Waals surface area contributed by atoms with Gasteiger partial charge < -0.3 is 10.1 Å². The molecule has 3 heteroatoms. The van der Waals surface area contributed by atoms with Crippen LogP contribution in [0.1, 0.15) is 33.6 Å². The molecule has 0 aliphatic heterocycles. The van der Waals surface area contributed by atoms with Gasteiger partial charge in [-0.05, 0) is 37.8 Å². The molecule has 0 heterocycles. The zero-order chi connectivity index (χ0) is 13.6. The fraction of sp³-hybridized carbons (Fsp3) is 0.533. The zero-order valence-corrected chi connectivity index (χ0v) is 11.7. The van der Waals surface area contributed by atoms with E-state index in [0.717, 1.165) is 24.3 Å². The van der Waals surface area contributed by atoms with E-state index >= 15 is 0 Å². The van der Waals surface area contributed by atoms with E-state index < -0.39 is 5.54 Å². The molecule has 0 saturated heterocycles. The minimum atomic E-state index is -0.557. The van der Waals surface area contributed by atoms with Crippen molar-refractivity contribution in [1.29, 1.82) is 5.26 Å². The van der Waals surface area contributed by atoms with Gasteiger partial charge in [0.25, 0.3) is 0 Å². The van der Waals surface area contributed by atoms with Crippen LogP contribution in [0.3, 0.4) is 0 Å². The van der Waals surface area contributed by atoms with Gasteiger partial charge >= 0.3 is 0 Å². The number of methoxy groups -OCH3 is 1. The molecule has 1 aromatic carbocycles. The van der Waals surface area contributed by atoms with Gasteiger partial charge in [0.1, 0.15) is 11.3 Å². The second-order valence-electron chi connectivity index (χ2n) is 5.20. The number of hydrogen-bond donors (Lipinski definition) is 1. The number of anilines is 1. The Bertz CT molecular complexity index is 423. The molecular weight excluding hydrogens is 224 g/mol. The number of nitrogens with one attached hydrogen (secondary N) is 1. The van der Waals surface area contributed by atoms with Crippen LogP contribution in [0.2, 0.25) is 0 Å². The molecule has 98 valence electrons. The van der Waals surface area contributed by atoms with Crippen LogP contribution in [0, 0.1) is 17.2 Å². The predicted molar refractivity (Wildman–Crippen MR) is 74.7 cm³/mol. The number of rotatable bonds is 6. The Hall–Kier alpha value is -1.69. The van der Waals surface area contributed by atoms with Gasteiger partial charge in [-0.1, -0.05) is 26.0 Å². The van der Waals surface area contributed by atoms with Crippen LogP contribution in [0.5, 0.6) is 5.75 Å². The highest BCUT2D eigenvalue weighted by Crippen LogP contribution is 2.28. The molecule has 0 aliphatic carbocycles. The van der Waals surface area contributed by atoms with Crippen LogP contribution >= 0.6 is 0 Å². The molecule has 3 nitrogen and oxygen atoms in total. The molecule has 1 rings (SSSR count). The predicted octanol–water partition coefficient (Wildman–Crippen LogP) is 3.83. The highest BCUT2D eigenvalue weighted by atomic mass is 16.5. The summed E-state index contributed by atoms with van der Waals surface area (Å²) in [5.41, 5.74) is 0.312. The normalized spacial score (nSPS) is 13.8. The summed E-state index contributed by atoms with van der Waals surface area (Å²) in [5, 5.41) is 12.7. The number of benzene rings is 1. The van der Waals surface area contributed by atoms with Gasteiger partial charge in [-0.2, -0.15) is 5.26 Å². The third-order valence-electron chi connectivity index (χ3n) is 2.99. The van der Waals surface area contributed by atoms with E-state index in [1.807, 2.05) is 31.2 Å². The summed E-state index contributed by atoms with van der Waals surface area (Å²) in [6, 6.07) is 10.0. The van der Waals surface area contributed by atoms with Gasteiger partial charge in [0.05, 0.1) is 18.9 Å². The lowest BCUT2D eigenvalue weighted by molar-refractivity contribution is 0.413. The van der Waals surface area contributed by atoms with Crippen molar-refractivity contribution in [1.82, 2.24) is 0 Å². The van der Waals surface area contributed by atoms with Crippen molar-refractivity contribution in [2.24, 2.45) is 5.92 Å².